The zero-order valence-electron chi connectivity index (χ0n) is 17.6. The third kappa shape index (κ3) is 3.95. The molecule has 6 nitrogen and oxygen atoms in total. The second-order valence-corrected chi connectivity index (χ2v) is 9.99. The molecule has 1 saturated heterocycles. The van der Waals surface area contributed by atoms with Crippen molar-refractivity contribution in [1.82, 2.24) is 0 Å². The fraction of sp³-hybridized carbons (Fsp3) is 0.524. The second-order valence-electron chi connectivity index (χ2n) is 8.97. The van der Waals surface area contributed by atoms with Gasteiger partial charge >= 0.3 is 6.09 Å². The summed E-state index contributed by atoms with van der Waals surface area (Å²) in [5.74, 6) is -0.487. The number of carbonyl (C=O) groups is 1. The number of fused-ring (bicyclic) bond motifs is 1. The summed E-state index contributed by atoms with van der Waals surface area (Å²) < 4.78 is 32.3. The lowest BCUT2D eigenvalue weighted by Gasteiger charge is -2.30. The van der Waals surface area contributed by atoms with Crippen LogP contribution in [-0.4, -0.2) is 22.9 Å². The molecule has 0 aliphatic carbocycles. The highest BCUT2D eigenvalue weighted by atomic mass is 32.1. The molecule has 29 heavy (non-hydrogen) atoms. The monoisotopic (exact) mass is 420 g/mol. The maximum Gasteiger partial charge on any atom is 0.412 e. The van der Waals surface area contributed by atoms with E-state index >= 15 is 0 Å². The van der Waals surface area contributed by atoms with Gasteiger partial charge < -0.3 is 14.2 Å². The number of anilines is 1. The SMILES string of the molecule is CC(C)(C)OC(=O)Nc1sc2c(F)ccc(C3OC(C)(C)C(C)(C)O3)c2c1C#N. The van der Waals surface area contributed by atoms with Crippen LogP contribution in [0.25, 0.3) is 10.1 Å². The van der Waals surface area contributed by atoms with E-state index in [-0.39, 0.29) is 15.3 Å². The molecule has 3 rings (SSSR count). The number of ether oxygens (including phenoxy) is 3. The largest absolute Gasteiger partial charge is 0.444 e. The number of thiophene rings is 1. The molecule has 1 aromatic heterocycles. The average molecular weight is 421 g/mol. The van der Waals surface area contributed by atoms with Gasteiger partial charge in [0.2, 0.25) is 0 Å². The summed E-state index contributed by atoms with van der Waals surface area (Å²) in [7, 11) is 0. The van der Waals surface area contributed by atoms with Gasteiger partial charge in [0.25, 0.3) is 0 Å². The number of nitriles is 1. The Bertz CT molecular complexity index is 998. The molecule has 1 aromatic carbocycles. The van der Waals surface area contributed by atoms with Crippen LogP contribution >= 0.6 is 11.3 Å². The number of hydrogen-bond acceptors (Lipinski definition) is 6. The van der Waals surface area contributed by atoms with Crippen molar-refractivity contribution in [2.75, 3.05) is 5.32 Å². The molecule has 1 amide bonds. The zero-order valence-corrected chi connectivity index (χ0v) is 18.4. The Morgan fingerprint density at radius 1 is 1.24 bits per heavy atom. The third-order valence-corrected chi connectivity index (χ3v) is 6.17. The predicted octanol–water partition coefficient (Wildman–Crippen LogP) is 5.86. The van der Waals surface area contributed by atoms with Crippen molar-refractivity contribution in [2.24, 2.45) is 0 Å². The van der Waals surface area contributed by atoms with Crippen LogP contribution in [0.15, 0.2) is 12.1 Å². The van der Waals surface area contributed by atoms with Gasteiger partial charge in [-0.05, 0) is 54.5 Å². The first-order chi connectivity index (χ1) is 13.3. The highest BCUT2D eigenvalue weighted by Crippen LogP contribution is 2.48. The van der Waals surface area contributed by atoms with E-state index in [2.05, 4.69) is 11.4 Å². The Hall–Kier alpha value is -2.21. The van der Waals surface area contributed by atoms with E-state index in [4.69, 9.17) is 14.2 Å². The number of amides is 1. The van der Waals surface area contributed by atoms with Gasteiger partial charge in [-0.15, -0.1) is 11.3 Å². The van der Waals surface area contributed by atoms with Gasteiger partial charge in [-0.2, -0.15) is 5.26 Å². The molecular formula is C21H25FN2O4S. The van der Waals surface area contributed by atoms with Crippen molar-refractivity contribution < 1.29 is 23.4 Å². The number of benzene rings is 1. The van der Waals surface area contributed by atoms with E-state index in [0.29, 0.717) is 10.9 Å². The summed E-state index contributed by atoms with van der Waals surface area (Å²) in [6.45, 7) is 12.9. The minimum atomic E-state index is -0.765. The molecule has 1 fully saturated rings. The van der Waals surface area contributed by atoms with E-state index in [9.17, 15) is 14.4 Å². The molecule has 0 bridgehead atoms. The lowest BCUT2D eigenvalue weighted by atomic mass is 9.90. The van der Waals surface area contributed by atoms with Gasteiger partial charge in [0.1, 0.15) is 22.5 Å². The zero-order chi connectivity index (χ0) is 21.8. The van der Waals surface area contributed by atoms with Crippen LogP contribution in [0.5, 0.6) is 0 Å². The molecule has 0 radical (unpaired) electrons. The summed E-state index contributed by atoms with van der Waals surface area (Å²) >= 11 is 0.982. The van der Waals surface area contributed by atoms with Crippen LogP contribution in [0.4, 0.5) is 14.2 Å². The normalized spacial score (nSPS) is 18.6. The van der Waals surface area contributed by atoms with Crippen molar-refractivity contribution in [1.29, 1.82) is 5.26 Å². The van der Waals surface area contributed by atoms with Gasteiger partial charge in [-0.3, -0.25) is 5.32 Å². The van der Waals surface area contributed by atoms with Crippen LogP contribution in [0, 0.1) is 17.1 Å². The maximum absolute atomic E-state index is 14.6. The minimum absolute atomic E-state index is 0.153. The Labute approximate surface area is 173 Å². The topological polar surface area (TPSA) is 80.6 Å². The third-order valence-electron chi connectivity index (χ3n) is 5.06. The van der Waals surface area contributed by atoms with Gasteiger partial charge in [-0.25, -0.2) is 9.18 Å². The predicted molar refractivity (Wildman–Crippen MR) is 109 cm³/mol. The lowest BCUT2D eigenvalue weighted by molar-refractivity contribution is -0.0886. The first-order valence-electron chi connectivity index (χ1n) is 9.26. The number of nitrogens with zero attached hydrogens (tertiary/aromatic N) is 1. The Morgan fingerprint density at radius 2 is 1.83 bits per heavy atom. The molecule has 0 saturated carbocycles. The maximum atomic E-state index is 14.6. The molecule has 2 aromatic rings. The molecule has 0 spiro atoms. The summed E-state index contributed by atoms with van der Waals surface area (Å²) in [6, 6.07) is 4.96. The van der Waals surface area contributed by atoms with Crippen LogP contribution in [0.1, 0.15) is 65.9 Å². The first-order valence-corrected chi connectivity index (χ1v) is 10.1. The summed E-state index contributed by atoms with van der Waals surface area (Å²) in [6.07, 6.45) is -1.47. The van der Waals surface area contributed by atoms with Crippen LogP contribution in [0.3, 0.4) is 0 Å². The molecule has 1 aliphatic rings. The first kappa shape index (κ1) is 21.5. The molecule has 1 aliphatic heterocycles. The quantitative estimate of drug-likeness (QED) is 0.658. The van der Waals surface area contributed by atoms with E-state index in [1.807, 2.05) is 27.7 Å². The molecular weight excluding hydrogens is 395 g/mol. The van der Waals surface area contributed by atoms with E-state index in [0.717, 1.165) is 11.3 Å². The number of hydrogen-bond donors (Lipinski definition) is 1. The van der Waals surface area contributed by atoms with Crippen molar-refractivity contribution in [3.8, 4) is 6.07 Å². The Kier molecular flexibility index (Phi) is 5.14. The second kappa shape index (κ2) is 6.94. The van der Waals surface area contributed by atoms with E-state index in [1.54, 1.807) is 26.8 Å². The van der Waals surface area contributed by atoms with Crippen LogP contribution in [-0.2, 0) is 14.2 Å². The van der Waals surface area contributed by atoms with Crippen molar-refractivity contribution in [3.63, 3.8) is 0 Å². The number of halogens is 1. The molecule has 156 valence electrons. The van der Waals surface area contributed by atoms with Gasteiger partial charge in [0.05, 0.1) is 21.5 Å². The lowest BCUT2D eigenvalue weighted by Crippen LogP contribution is -2.41. The Balaban J connectivity index is 2.09. The molecule has 2 heterocycles. The van der Waals surface area contributed by atoms with Gasteiger partial charge in [-0.1, -0.05) is 6.07 Å². The van der Waals surface area contributed by atoms with E-state index < -0.39 is 35.0 Å². The minimum Gasteiger partial charge on any atom is -0.444 e. The van der Waals surface area contributed by atoms with Gasteiger partial charge in [0, 0.05) is 10.9 Å². The summed E-state index contributed by atoms with van der Waals surface area (Å²) in [5.41, 5.74) is -1.17. The highest BCUT2D eigenvalue weighted by molar-refractivity contribution is 7.23. The smallest absolute Gasteiger partial charge is 0.412 e. The molecule has 8 heteroatoms. The van der Waals surface area contributed by atoms with Crippen LogP contribution in [0.2, 0.25) is 0 Å². The number of nitrogens with one attached hydrogen (secondary N) is 1. The average Bonchev–Trinajstić information content (AvgIpc) is 3.00. The van der Waals surface area contributed by atoms with Gasteiger partial charge in [0.15, 0.2) is 6.29 Å². The summed E-state index contributed by atoms with van der Waals surface area (Å²) in [5, 5.41) is 12.9. The molecule has 0 unspecified atom stereocenters. The molecule has 0 atom stereocenters. The van der Waals surface area contributed by atoms with Crippen LogP contribution < -0.4 is 5.32 Å². The van der Waals surface area contributed by atoms with E-state index in [1.165, 1.54) is 6.07 Å². The van der Waals surface area contributed by atoms with Crippen molar-refractivity contribution in [3.05, 3.63) is 29.1 Å². The fourth-order valence-electron chi connectivity index (χ4n) is 2.95. The standard InChI is InChI=1S/C21H25FN2O4S/c1-19(2,3)28-18(25)24-16-12(10-23)14-11(8-9-13(22)15(14)29-16)17-26-20(4,5)21(6,7)27-17/h8-9,17H,1-7H3,(H,24,25). The number of carbonyl (C=O) groups excluding carboxylic acids is 1. The molecule has 1 N–H and O–H groups in total. The van der Waals surface area contributed by atoms with Crippen molar-refractivity contribution in [2.45, 2.75) is 71.6 Å². The fourth-order valence-corrected chi connectivity index (χ4v) is 4.03. The number of rotatable bonds is 2. The highest BCUT2D eigenvalue weighted by Gasteiger charge is 2.50. The Morgan fingerprint density at radius 3 is 2.34 bits per heavy atom. The summed E-state index contributed by atoms with van der Waals surface area (Å²) in [4.78, 5) is 12.2. The van der Waals surface area contributed by atoms with Crippen molar-refractivity contribution >= 4 is 32.5 Å².